The molecule has 0 bridgehead atoms. The summed E-state index contributed by atoms with van der Waals surface area (Å²) in [6, 6.07) is 25.3. The van der Waals surface area contributed by atoms with Gasteiger partial charge in [-0.05, 0) is 77.9 Å². The zero-order valence-electron chi connectivity index (χ0n) is 17.8. The standard InChI is InChI=1S/C22H14O6.C6H4/c1-2-18-19(27-16-10-6-14(7-11-16)21(23)24)4-3-5-20(18)28-17-12-8-15(9-13-17)22(25)26;1-2-5-4-6(5)3-1/h1,3-13H,(H,23,24)(H,25,26);1-4H. The molecule has 0 aromatic heterocycles. The fraction of sp³-hybridized carbons (Fsp3) is 0. The molecule has 3 aromatic carbocycles. The highest BCUT2D eigenvalue weighted by atomic mass is 16.5. The van der Waals surface area contributed by atoms with E-state index in [-0.39, 0.29) is 11.1 Å². The summed E-state index contributed by atoms with van der Waals surface area (Å²) in [5.74, 6) is 2.04. The summed E-state index contributed by atoms with van der Waals surface area (Å²) < 4.78 is 11.5. The van der Waals surface area contributed by atoms with Crippen molar-refractivity contribution < 1.29 is 29.3 Å². The minimum absolute atomic E-state index is 0.145. The molecular weight excluding hydrogens is 432 g/mol. The predicted molar refractivity (Wildman–Crippen MR) is 127 cm³/mol. The summed E-state index contributed by atoms with van der Waals surface area (Å²) in [6.45, 7) is 0. The lowest BCUT2D eigenvalue weighted by atomic mass is 10.1. The number of ether oxygens (including phenoxy) is 2. The molecule has 0 fully saturated rings. The number of hydrogen-bond acceptors (Lipinski definition) is 4. The highest BCUT2D eigenvalue weighted by Gasteiger charge is 2.12. The Hall–Kier alpha value is -5.02. The number of benzene rings is 4. The lowest BCUT2D eigenvalue weighted by molar-refractivity contribution is 0.0686. The molecule has 0 amide bonds. The molecule has 0 radical (unpaired) electrons. The lowest BCUT2D eigenvalue weighted by Crippen LogP contribution is -1.97. The van der Waals surface area contributed by atoms with E-state index in [0.717, 1.165) is 0 Å². The largest absolute Gasteiger partial charge is 0.478 e. The summed E-state index contributed by atoms with van der Waals surface area (Å²) >= 11 is 0. The van der Waals surface area contributed by atoms with Gasteiger partial charge in [0.15, 0.2) is 0 Å². The van der Waals surface area contributed by atoms with Crippen LogP contribution in [-0.4, -0.2) is 22.2 Å². The molecule has 2 N–H and O–H groups in total. The third kappa shape index (κ3) is 5.23. The quantitative estimate of drug-likeness (QED) is 0.294. The van der Waals surface area contributed by atoms with Gasteiger partial charge in [0.05, 0.1) is 11.1 Å². The number of carboxylic acid groups (broad SMARTS) is 2. The molecule has 2 aliphatic rings. The predicted octanol–water partition coefficient (Wildman–Crippen LogP) is 6.32. The maximum Gasteiger partial charge on any atom is 0.335 e. The van der Waals surface area contributed by atoms with E-state index < -0.39 is 11.9 Å². The summed E-state index contributed by atoms with van der Waals surface area (Å²) in [4.78, 5) is 21.9. The molecule has 0 saturated carbocycles. The first-order valence-corrected chi connectivity index (χ1v) is 10.2. The second kappa shape index (κ2) is 9.63. The molecule has 2 aliphatic carbocycles. The van der Waals surface area contributed by atoms with Gasteiger partial charge in [-0.3, -0.25) is 0 Å². The third-order valence-electron chi connectivity index (χ3n) is 4.90. The topological polar surface area (TPSA) is 93.1 Å². The highest BCUT2D eigenvalue weighted by Crippen LogP contribution is 2.34. The van der Waals surface area contributed by atoms with E-state index in [1.54, 1.807) is 18.2 Å². The maximum atomic E-state index is 10.9. The monoisotopic (exact) mass is 450 g/mol. The minimum Gasteiger partial charge on any atom is -0.478 e. The molecular formula is C28H18O6. The van der Waals surface area contributed by atoms with Gasteiger partial charge in [-0.2, -0.15) is 0 Å². The molecule has 5 rings (SSSR count). The Kier molecular flexibility index (Phi) is 6.29. The van der Waals surface area contributed by atoms with Crippen LogP contribution in [0, 0.1) is 12.3 Å². The average molecular weight is 450 g/mol. The molecule has 34 heavy (non-hydrogen) atoms. The van der Waals surface area contributed by atoms with Gasteiger partial charge in [-0.25, -0.2) is 9.59 Å². The Morgan fingerprint density at radius 2 is 1.06 bits per heavy atom. The van der Waals surface area contributed by atoms with Crippen molar-refractivity contribution in [1.29, 1.82) is 0 Å². The second-order valence-electron chi connectivity index (χ2n) is 7.22. The summed E-state index contributed by atoms with van der Waals surface area (Å²) in [7, 11) is 0. The second-order valence-corrected chi connectivity index (χ2v) is 7.22. The molecule has 6 nitrogen and oxygen atoms in total. The Morgan fingerprint density at radius 3 is 1.35 bits per heavy atom. The van der Waals surface area contributed by atoms with E-state index in [0.29, 0.717) is 28.6 Å². The van der Waals surface area contributed by atoms with Crippen LogP contribution in [0.5, 0.6) is 23.0 Å². The Bertz CT molecular complexity index is 1300. The normalized spacial score (nSPS) is 10.2. The van der Waals surface area contributed by atoms with E-state index in [9.17, 15) is 9.59 Å². The molecule has 0 heterocycles. The SMILES string of the molecule is C#Cc1c(Oc2ccc(C(=O)O)cc2)cccc1Oc1ccc(C(=O)O)cc1.c1cc2cc-2c1. The van der Waals surface area contributed by atoms with Crippen molar-refractivity contribution in [3.05, 3.63) is 108 Å². The molecule has 166 valence electrons. The fourth-order valence-corrected chi connectivity index (χ4v) is 3.08. The van der Waals surface area contributed by atoms with E-state index in [1.807, 2.05) is 0 Å². The molecule has 6 heteroatoms. The molecule has 0 spiro atoms. The fourth-order valence-electron chi connectivity index (χ4n) is 3.08. The first-order chi connectivity index (χ1) is 16.4. The molecule has 0 unspecified atom stereocenters. The van der Waals surface area contributed by atoms with Crippen molar-refractivity contribution in [2.24, 2.45) is 0 Å². The Labute approximate surface area is 195 Å². The van der Waals surface area contributed by atoms with E-state index >= 15 is 0 Å². The summed E-state index contributed by atoms with van der Waals surface area (Å²) in [5, 5.41) is 17.9. The van der Waals surface area contributed by atoms with E-state index in [2.05, 4.69) is 30.2 Å². The lowest BCUT2D eigenvalue weighted by Gasteiger charge is -2.13. The maximum absolute atomic E-state index is 10.9. The summed E-state index contributed by atoms with van der Waals surface area (Å²) in [6.07, 6.45) is 5.62. The van der Waals surface area contributed by atoms with Crippen LogP contribution in [0.25, 0.3) is 11.1 Å². The third-order valence-corrected chi connectivity index (χ3v) is 4.90. The molecule has 0 atom stereocenters. The van der Waals surface area contributed by atoms with Crippen LogP contribution in [0.4, 0.5) is 0 Å². The Morgan fingerprint density at radius 1 is 0.647 bits per heavy atom. The van der Waals surface area contributed by atoms with Crippen molar-refractivity contribution in [2.45, 2.75) is 0 Å². The zero-order valence-corrected chi connectivity index (χ0v) is 17.8. The summed E-state index contributed by atoms with van der Waals surface area (Å²) in [5.41, 5.74) is 3.51. The minimum atomic E-state index is -1.03. The van der Waals surface area contributed by atoms with Gasteiger partial charge in [0, 0.05) is 0 Å². The van der Waals surface area contributed by atoms with Crippen molar-refractivity contribution >= 4 is 11.9 Å². The van der Waals surface area contributed by atoms with Gasteiger partial charge in [-0.1, -0.05) is 30.2 Å². The Balaban J connectivity index is 0.000000388. The number of carboxylic acids is 2. The van der Waals surface area contributed by atoms with Crippen molar-refractivity contribution in [3.63, 3.8) is 0 Å². The van der Waals surface area contributed by atoms with Gasteiger partial charge >= 0.3 is 11.9 Å². The zero-order chi connectivity index (χ0) is 24.1. The van der Waals surface area contributed by atoms with Crippen LogP contribution in [0.3, 0.4) is 0 Å². The average Bonchev–Trinajstić information content (AvgIpc) is 3.44. The van der Waals surface area contributed by atoms with Gasteiger partial charge < -0.3 is 19.7 Å². The van der Waals surface area contributed by atoms with Gasteiger partial charge in [-0.15, -0.1) is 6.42 Å². The van der Waals surface area contributed by atoms with Crippen molar-refractivity contribution in [3.8, 4) is 46.5 Å². The molecule has 0 saturated heterocycles. The number of rotatable bonds is 6. The van der Waals surface area contributed by atoms with Crippen LogP contribution < -0.4 is 9.47 Å². The van der Waals surface area contributed by atoms with Crippen LogP contribution >= 0.6 is 0 Å². The number of terminal acetylenes is 1. The van der Waals surface area contributed by atoms with E-state index in [4.69, 9.17) is 26.1 Å². The van der Waals surface area contributed by atoms with E-state index in [1.165, 1.54) is 59.7 Å². The van der Waals surface area contributed by atoms with Crippen molar-refractivity contribution in [2.75, 3.05) is 0 Å². The number of carbonyl (C=O) groups is 2. The number of fused-ring (bicyclic) bond motifs is 1. The first-order valence-electron chi connectivity index (χ1n) is 10.2. The highest BCUT2D eigenvalue weighted by molar-refractivity contribution is 5.88. The van der Waals surface area contributed by atoms with Crippen molar-refractivity contribution in [1.82, 2.24) is 0 Å². The number of hydrogen-bond donors (Lipinski definition) is 2. The van der Waals surface area contributed by atoms with Gasteiger partial charge in [0.2, 0.25) is 0 Å². The van der Waals surface area contributed by atoms with Crippen LogP contribution in [0.1, 0.15) is 26.3 Å². The molecule has 3 aromatic rings. The van der Waals surface area contributed by atoms with Gasteiger partial charge in [0.1, 0.15) is 28.6 Å². The van der Waals surface area contributed by atoms with Crippen LogP contribution in [0.15, 0.2) is 91.0 Å². The van der Waals surface area contributed by atoms with Gasteiger partial charge in [0.25, 0.3) is 0 Å². The first kappa shape index (κ1) is 22.2. The molecule has 0 aliphatic heterocycles. The van der Waals surface area contributed by atoms with Crippen LogP contribution in [0.2, 0.25) is 0 Å². The smallest absolute Gasteiger partial charge is 0.335 e. The number of aromatic carboxylic acids is 2. The van der Waals surface area contributed by atoms with Crippen LogP contribution in [-0.2, 0) is 0 Å².